The Kier molecular flexibility index (Phi) is 2.54. The molecule has 0 fully saturated rings. The summed E-state index contributed by atoms with van der Waals surface area (Å²) in [6.45, 7) is 3.18. The Morgan fingerprint density at radius 1 is 1.10 bits per heavy atom. The molecule has 106 valence electrons. The molecule has 0 unspecified atom stereocenters. The first-order valence-electron chi connectivity index (χ1n) is 6.87. The van der Waals surface area contributed by atoms with Crippen LogP contribution in [0.15, 0.2) is 36.4 Å². The molecule has 2 N–H and O–H groups in total. The molecule has 3 aromatic rings. The highest BCUT2D eigenvalue weighted by Crippen LogP contribution is 2.34. The monoisotopic (exact) mass is 281 g/mol. The number of anilines is 1. The summed E-state index contributed by atoms with van der Waals surface area (Å²) in [7, 11) is 0. The van der Waals surface area contributed by atoms with Gasteiger partial charge in [0.05, 0.1) is 16.7 Å². The van der Waals surface area contributed by atoms with E-state index < -0.39 is 0 Å². The molecule has 2 heterocycles. The molecule has 1 aromatic heterocycles. The minimum Gasteiger partial charge on any atom is -0.486 e. The summed E-state index contributed by atoms with van der Waals surface area (Å²) < 4.78 is 13.1. The van der Waals surface area contributed by atoms with Gasteiger partial charge in [-0.15, -0.1) is 0 Å². The van der Waals surface area contributed by atoms with Crippen molar-refractivity contribution in [1.29, 1.82) is 0 Å². The summed E-state index contributed by atoms with van der Waals surface area (Å²) in [5.41, 5.74) is 10.0. The topological polar surface area (TPSA) is 62.3 Å². The van der Waals surface area contributed by atoms with E-state index >= 15 is 0 Å². The number of rotatable bonds is 1. The van der Waals surface area contributed by atoms with Crippen molar-refractivity contribution in [2.75, 3.05) is 18.9 Å². The van der Waals surface area contributed by atoms with E-state index in [1.807, 2.05) is 47.9 Å². The van der Waals surface area contributed by atoms with Crippen molar-refractivity contribution in [3.63, 3.8) is 0 Å². The number of aromatic nitrogens is 2. The van der Waals surface area contributed by atoms with E-state index in [9.17, 15) is 0 Å². The van der Waals surface area contributed by atoms with Gasteiger partial charge in [0.1, 0.15) is 13.2 Å². The van der Waals surface area contributed by atoms with E-state index in [4.69, 9.17) is 15.2 Å². The number of hydrogen-bond acceptors (Lipinski definition) is 4. The molecule has 4 rings (SSSR count). The van der Waals surface area contributed by atoms with Crippen LogP contribution in [0.25, 0.3) is 16.7 Å². The molecule has 5 heteroatoms. The zero-order valence-electron chi connectivity index (χ0n) is 11.7. The molecule has 0 aliphatic carbocycles. The Morgan fingerprint density at radius 2 is 1.90 bits per heavy atom. The van der Waals surface area contributed by atoms with Gasteiger partial charge in [-0.25, -0.2) is 4.98 Å². The third-order valence-electron chi connectivity index (χ3n) is 3.70. The first kappa shape index (κ1) is 12.1. The van der Waals surface area contributed by atoms with E-state index in [0.29, 0.717) is 19.2 Å². The van der Waals surface area contributed by atoms with Crippen LogP contribution in [0.1, 0.15) is 5.56 Å². The second-order valence-corrected chi connectivity index (χ2v) is 5.08. The normalized spacial score (nSPS) is 13.6. The minimum absolute atomic E-state index is 0.468. The van der Waals surface area contributed by atoms with Gasteiger partial charge in [0.15, 0.2) is 11.5 Å². The number of nitrogen functional groups attached to an aromatic ring is 1. The Hall–Kier alpha value is -2.69. The average molecular weight is 281 g/mol. The Balaban J connectivity index is 1.94. The number of benzene rings is 2. The summed E-state index contributed by atoms with van der Waals surface area (Å²) in [4.78, 5) is 4.47. The van der Waals surface area contributed by atoms with E-state index in [-0.39, 0.29) is 0 Å². The molecular weight excluding hydrogens is 266 g/mol. The Labute approximate surface area is 121 Å². The molecule has 1 aliphatic heterocycles. The van der Waals surface area contributed by atoms with Crippen LogP contribution in [-0.2, 0) is 0 Å². The highest BCUT2D eigenvalue weighted by atomic mass is 16.6. The van der Waals surface area contributed by atoms with Crippen molar-refractivity contribution < 1.29 is 9.47 Å². The SMILES string of the molecule is Cc1cccc2c1nc(N)n2-c1ccc2c(c1)OCCO2. The first-order valence-corrected chi connectivity index (χ1v) is 6.87. The predicted octanol–water partition coefficient (Wildman–Crippen LogP) is 2.69. The summed E-state index contributed by atoms with van der Waals surface area (Å²) in [5.74, 6) is 1.98. The molecular formula is C16H15N3O2. The largest absolute Gasteiger partial charge is 0.486 e. The molecule has 0 amide bonds. The van der Waals surface area contributed by atoms with Crippen molar-refractivity contribution >= 4 is 17.0 Å². The maximum absolute atomic E-state index is 6.11. The fourth-order valence-electron chi connectivity index (χ4n) is 2.70. The lowest BCUT2D eigenvalue weighted by Gasteiger charge is -2.19. The number of nitrogens with two attached hydrogens (primary N) is 1. The fraction of sp³-hybridized carbons (Fsp3) is 0.188. The quantitative estimate of drug-likeness (QED) is 0.745. The van der Waals surface area contributed by atoms with Crippen molar-refractivity contribution in [1.82, 2.24) is 9.55 Å². The highest BCUT2D eigenvalue weighted by molar-refractivity contribution is 5.83. The first-order chi connectivity index (χ1) is 10.2. The van der Waals surface area contributed by atoms with E-state index in [2.05, 4.69) is 4.98 Å². The zero-order valence-corrected chi connectivity index (χ0v) is 11.7. The fourth-order valence-corrected chi connectivity index (χ4v) is 2.70. The molecule has 0 saturated carbocycles. The third kappa shape index (κ3) is 1.81. The third-order valence-corrected chi connectivity index (χ3v) is 3.70. The number of fused-ring (bicyclic) bond motifs is 2. The van der Waals surface area contributed by atoms with Crippen molar-refractivity contribution in [2.45, 2.75) is 6.92 Å². The van der Waals surface area contributed by atoms with Gasteiger partial charge in [-0.3, -0.25) is 4.57 Å². The van der Waals surface area contributed by atoms with Crippen molar-refractivity contribution in [3.05, 3.63) is 42.0 Å². The number of para-hydroxylation sites is 1. The van der Waals surface area contributed by atoms with Crippen LogP contribution in [0.3, 0.4) is 0 Å². The lowest BCUT2D eigenvalue weighted by molar-refractivity contribution is 0.171. The van der Waals surface area contributed by atoms with Crippen LogP contribution in [0.2, 0.25) is 0 Å². The summed E-state index contributed by atoms with van der Waals surface area (Å²) in [6, 6.07) is 11.9. The maximum Gasteiger partial charge on any atom is 0.205 e. The molecule has 0 bridgehead atoms. The second kappa shape index (κ2) is 4.41. The van der Waals surface area contributed by atoms with Gasteiger partial charge in [0.25, 0.3) is 0 Å². The highest BCUT2D eigenvalue weighted by Gasteiger charge is 2.16. The molecule has 0 saturated heterocycles. The van der Waals surface area contributed by atoms with Gasteiger partial charge < -0.3 is 15.2 Å². The van der Waals surface area contributed by atoms with Gasteiger partial charge >= 0.3 is 0 Å². The number of aryl methyl sites for hydroxylation is 1. The lowest BCUT2D eigenvalue weighted by Crippen LogP contribution is -2.15. The van der Waals surface area contributed by atoms with Crippen LogP contribution in [0.5, 0.6) is 11.5 Å². The minimum atomic E-state index is 0.468. The number of hydrogen-bond donors (Lipinski definition) is 1. The summed E-state index contributed by atoms with van der Waals surface area (Å²) in [5, 5.41) is 0. The van der Waals surface area contributed by atoms with E-state index in [1.54, 1.807) is 0 Å². The van der Waals surface area contributed by atoms with E-state index in [0.717, 1.165) is 33.8 Å². The molecule has 5 nitrogen and oxygen atoms in total. The van der Waals surface area contributed by atoms with Crippen LogP contribution < -0.4 is 15.2 Å². The molecule has 1 aliphatic rings. The van der Waals surface area contributed by atoms with Gasteiger partial charge in [-0.2, -0.15) is 0 Å². The summed E-state index contributed by atoms with van der Waals surface area (Å²) >= 11 is 0. The van der Waals surface area contributed by atoms with Gasteiger partial charge in [-0.05, 0) is 30.7 Å². The Morgan fingerprint density at radius 3 is 2.76 bits per heavy atom. The van der Waals surface area contributed by atoms with E-state index in [1.165, 1.54) is 0 Å². The van der Waals surface area contributed by atoms with Crippen LogP contribution >= 0.6 is 0 Å². The van der Waals surface area contributed by atoms with Crippen molar-refractivity contribution in [2.24, 2.45) is 0 Å². The van der Waals surface area contributed by atoms with Gasteiger partial charge in [-0.1, -0.05) is 12.1 Å². The lowest BCUT2D eigenvalue weighted by atomic mass is 10.2. The zero-order chi connectivity index (χ0) is 14.4. The molecule has 0 radical (unpaired) electrons. The number of imidazole rings is 1. The number of ether oxygens (including phenoxy) is 2. The molecule has 2 aromatic carbocycles. The Bertz CT molecular complexity index is 839. The smallest absolute Gasteiger partial charge is 0.205 e. The molecule has 21 heavy (non-hydrogen) atoms. The van der Waals surface area contributed by atoms with Gasteiger partial charge in [0.2, 0.25) is 5.95 Å². The summed E-state index contributed by atoms with van der Waals surface area (Å²) in [6.07, 6.45) is 0. The molecule has 0 atom stereocenters. The second-order valence-electron chi connectivity index (χ2n) is 5.08. The van der Waals surface area contributed by atoms with Crippen molar-refractivity contribution in [3.8, 4) is 17.2 Å². The maximum atomic E-state index is 6.11. The average Bonchev–Trinajstić information content (AvgIpc) is 2.84. The molecule has 0 spiro atoms. The standard InChI is InChI=1S/C16H15N3O2/c1-10-3-2-4-12-15(10)18-16(17)19(12)11-5-6-13-14(9-11)21-8-7-20-13/h2-6,9H,7-8H2,1H3,(H2,17,18). The van der Waals surface area contributed by atoms with Crippen LogP contribution in [0.4, 0.5) is 5.95 Å². The van der Waals surface area contributed by atoms with Crippen LogP contribution in [0, 0.1) is 6.92 Å². The predicted molar refractivity (Wildman–Crippen MR) is 81.2 cm³/mol. The number of nitrogens with zero attached hydrogens (tertiary/aromatic N) is 2. The van der Waals surface area contributed by atoms with Gasteiger partial charge in [0, 0.05) is 6.07 Å². The van der Waals surface area contributed by atoms with Crippen LogP contribution in [-0.4, -0.2) is 22.8 Å².